The molecule has 1 aromatic rings. The molecule has 0 fully saturated rings. The Labute approximate surface area is 79.9 Å². The largest absolute Gasteiger partial charge is 0.298 e. The number of halogens is 1. The second kappa shape index (κ2) is 2.76. The first kappa shape index (κ1) is 9.58. The molecule has 0 aliphatic rings. The first-order chi connectivity index (χ1) is 5.34. The van der Waals surface area contributed by atoms with Crippen molar-refractivity contribution in [2.75, 3.05) is 0 Å². The summed E-state index contributed by atoms with van der Waals surface area (Å²) in [5.74, 6) is 0. The molecule has 0 saturated heterocycles. The van der Waals surface area contributed by atoms with Gasteiger partial charge in [0.15, 0.2) is 0 Å². The Morgan fingerprint density at radius 2 is 1.92 bits per heavy atom. The summed E-state index contributed by atoms with van der Waals surface area (Å²) in [5, 5.41) is 3.01. The van der Waals surface area contributed by atoms with Gasteiger partial charge in [-0.1, -0.05) is 0 Å². The van der Waals surface area contributed by atoms with Gasteiger partial charge in [0.2, 0.25) is 0 Å². The van der Waals surface area contributed by atoms with E-state index >= 15 is 0 Å². The first-order valence-electron chi connectivity index (χ1n) is 3.81. The van der Waals surface area contributed by atoms with Crippen molar-refractivity contribution in [2.45, 2.75) is 33.2 Å². The summed E-state index contributed by atoms with van der Waals surface area (Å²) < 4.78 is 2.24. The Bertz CT molecular complexity index is 343. The van der Waals surface area contributed by atoms with Crippen LogP contribution in [0.15, 0.2) is 9.27 Å². The third-order valence-electron chi connectivity index (χ3n) is 1.67. The number of rotatable bonds is 0. The van der Waals surface area contributed by atoms with Gasteiger partial charge in [-0.3, -0.25) is 9.89 Å². The van der Waals surface area contributed by atoms with Gasteiger partial charge in [0.1, 0.15) is 4.47 Å². The van der Waals surface area contributed by atoms with Crippen LogP contribution in [0.25, 0.3) is 0 Å². The predicted molar refractivity (Wildman–Crippen MR) is 52.5 cm³/mol. The lowest BCUT2D eigenvalue weighted by atomic mass is 10.1. The van der Waals surface area contributed by atoms with Crippen LogP contribution >= 0.6 is 15.9 Å². The Morgan fingerprint density at radius 3 is 2.08 bits per heavy atom. The van der Waals surface area contributed by atoms with Gasteiger partial charge in [-0.2, -0.15) is 0 Å². The van der Waals surface area contributed by atoms with Crippen molar-refractivity contribution in [1.29, 1.82) is 0 Å². The van der Waals surface area contributed by atoms with E-state index in [1.807, 2.05) is 27.7 Å². The third kappa shape index (κ3) is 1.48. The highest BCUT2D eigenvalue weighted by Gasteiger charge is 2.18. The van der Waals surface area contributed by atoms with E-state index < -0.39 is 0 Å². The molecule has 0 unspecified atom stereocenters. The van der Waals surface area contributed by atoms with Gasteiger partial charge in [0, 0.05) is 5.69 Å². The summed E-state index contributed by atoms with van der Waals surface area (Å²) >= 11 is 3.23. The van der Waals surface area contributed by atoms with Crippen molar-refractivity contribution in [3.8, 4) is 0 Å². The van der Waals surface area contributed by atoms with Crippen molar-refractivity contribution in [3.05, 3.63) is 20.5 Å². The molecule has 0 bridgehead atoms. The lowest BCUT2D eigenvalue weighted by Gasteiger charge is -2.18. The zero-order valence-corrected chi connectivity index (χ0v) is 9.32. The minimum Gasteiger partial charge on any atom is -0.298 e. The Kier molecular flexibility index (Phi) is 2.21. The lowest BCUT2D eigenvalue weighted by Crippen LogP contribution is -2.32. The lowest BCUT2D eigenvalue weighted by molar-refractivity contribution is 0.344. The van der Waals surface area contributed by atoms with Crippen LogP contribution in [0.5, 0.6) is 0 Å². The van der Waals surface area contributed by atoms with E-state index in [0.717, 1.165) is 5.69 Å². The molecule has 0 aromatic carbocycles. The van der Waals surface area contributed by atoms with Crippen LogP contribution in [0.3, 0.4) is 0 Å². The fourth-order valence-electron chi connectivity index (χ4n) is 0.998. The highest BCUT2D eigenvalue weighted by molar-refractivity contribution is 9.10. The van der Waals surface area contributed by atoms with E-state index in [0.29, 0.717) is 4.47 Å². The second-order valence-corrected chi connectivity index (χ2v) is 4.66. The average molecular weight is 233 g/mol. The van der Waals surface area contributed by atoms with Crippen molar-refractivity contribution < 1.29 is 0 Å². The van der Waals surface area contributed by atoms with Crippen LogP contribution in [0.4, 0.5) is 0 Å². The predicted octanol–water partition coefficient (Wildman–Crippen LogP) is 2.00. The minimum atomic E-state index is -0.187. The molecule has 12 heavy (non-hydrogen) atoms. The maximum atomic E-state index is 11.5. The molecule has 68 valence electrons. The summed E-state index contributed by atoms with van der Waals surface area (Å²) in [6.07, 6.45) is 0. The molecule has 1 aromatic heterocycles. The van der Waals surface area contributed by atoms with E-state index in [-0.39, 0.29) is 11.1 Å². The Morgan fingerprint density at radius 1 is 1.42 bits per heavy atom. The molecule has 3 nitrogen and oxygen atoms in total. The summed E-state index contributed by atoms with van der Waals surface area (Å²) in [6.45, 7) is 7.82. The Hall–Kier alpha value is -0.510. The quantitative estimate of drug-likeness (QED) is 0.731. The molecule has 0 spiro atoms. The number of nitrogens with one attached hydrogen (secondary N) is 1. The molecular weight excluding hydrogens is 220 g/mol. The fraction of sp³-hybridized carbons (Fsp3) is 0.625. The first-order valence-corrected chi connectivity index (χ1v) is 4.61. The topological polar surface area (TPSA) is 37.8 Å². The van der Waals surface area contributed by atoms with Crippen LogP contribution in [-0.2, 0) is 5.54 Å². The summed E-state index contributed by atoms with van der Waals surface area (Å²) in [5.41, 5.74) is 0.684. The molecule has 0 amide bonds. The van der Waals surface area contributed by atoms with E-state index in [9.17, 15) is 4.79 Å². The van der Waals surface area contributed by atoms with Gasteiger partial charge in [-0.15, -0.1) is 0 Å². The zero-order valence-electron chi connectivity index (χ0n) is 7.73. The molecule has 1 heterocycles. The number of hydrogen-bond donors (Lipinski definition) is 1. The summed E-state index contributed by atoms with van der Waals surface area (Å²) in [7, 11) is 0. The molecular formula is C8H13BrN2O. The van der Waals surface area contributed by atoms with Crippen LogP contribution in [-0.4, -0.2) is 9.78 Å². The van der Waals surface area contributed by atoms with E-state index in [1.54, 1.807) is 4.68 Å². The standard InChI is InChI=1S/C8H13BrN2O/c1-5-6(9)7(12)11(10-5)8(2,3)4/h10H,1-4H3. The normalized spacial score (nSPS) is 12.1. The number of hydrogen-bond acceptors (Lipinski definition) is 1. The van der Waals surface area contributed by atoms with E-state index in [2.05, 4.69) is 21.0 Å². The van der Waals surface area contributed by atoms with Crippen LogP contribution < -0.4 is 5.56 Å². The average Bonchev–Trinajstić information content (AvgIpc) is 2.15. The number of aryl methyl sites for hydroxylation is 1. The fourth-order valence-corrected chi connectivity index (χ4v) is 1.26. The third-order valence-corrected chi connectivity index (χ3v) is 2.60. The molecule has 0 aliphatic heterocycles. The number of aromatic amines is 1. The van der Waals surface area contributed by atoms with Gasteiger partial charge in [-0.25, -0.2) is 4.68 Å². The summed E-state index contributed by atoms with van der Waals surface area (Å²) in [6, 6.07) is 0. The van der Waals surface area contributed by atoms with Gasteiger partial charge in [-0.05, 0) is 43.6 Å². The van der Waals surface area contributed by atoms with Crippen LogP contribution in [0.2, 0.25) is 0 Å². The molecule has 0 atom stereocenters. The van der Waals surface area contributed by atoms with Gasteiger partial charge < -0.3 is 0 Å². The van der Waals surface area contributed by atoms with Crippen molar-refractivity contribution in [3.63, 3.8) is 0 Å². The molecule has 0 saturated carbocycles. The molecule has 1 rings (SSSR count). The van der Waals surface area contributed by atoms with Crippen LogP contribution in [0.1, 0.15) is 26.5 Å². The smallest absolute Gasteiger partial charge is 0.281 e. The van der Waals surface area contributed by atoms with Gasteiger partial charge in [0.25, 0.3) is 5.56 Å². The summed E-state index contributed by atoms with van der Waals surface area (Å²) in [4.78, 5) is 11.5. The molecule has 4 heteroatoms. The number of nitrogens with zero attached hydrogens (tertiary/aromatic N) is 1. The van der Waals surface area contributed by atoms with Gasteiger partial charge in [0.05, 0.1) is 5.54 Å². The van der Waals surface area contributed by atoms with Gasteiger partial charge >= 0.3 is 0 Å². The van der Waals surface area contributed by atoms with Crippen molar-refractivity contribution in [1.82, 2.24) is 9.78 Å². The second-order valence-electron chi connectivity index (χ2n) is 3.86. The minimum absolute atomic E-state index is 0. The SMILES string of the molecule is Cc1[nH]n(C(C)(C)C)c(=O)c1Br. The number of aromatic nitrogens is 2. The van der Waals surface area contributed by atoms with Crippen molar-refractivity contribution >= 4 is 15.9 Å². The highest BCUT2D eigenvalue weighted by Crippen LogP contribution is 2.14. The monoisotopic (exact) mass is 232 g/mol. The van der Waals surface area contributed by atoms with E-state index in [4.69, 9.17) is 0 Å². The Balaban J connectivity index is 3.38. The maximum absolute atomic E-state index is 11.5. The van der Waals surface area contributed by atoms with E-state index in [1.165, 1.54) is 0 Å². The van der Waals surface area contributed by atoms with Crippen LogP contribution in [0, 0.1) is 6.92 Å². The van der Waals surface area contributed by atoms with Crippen molar-refractivity contribution in [2.24, 2.45) is 0 Å². The molecule has 0 aliphatic carbocycles. The maximum Gasteiger partial charge on any atom is 0.281 e. The zero-order chi connectivity index (χ0) is 9.52. The molecule has 0 radical (unpaired) electrons. The number of H-pyrrole nitrogens is 1. The molecule has 1 N–H and O–H groups in total. The highest BCUT2D eigenvalue weighted by atomic mass is 79.9.